The van der Waals surface area contributed by atoms with E-state index in [4.69, 9.17) is 5.21 Å². The number of aromatic nitrogens is 4. The molecule has 0 spiro atoms. The summed E-state index contributed by atoms with van der Waals surface area (Å²) in [6.45, 7) is 0. The highest BCUT2D eigenvalue weighted by Gasteiger charge is 2.04. The van der Waals surface area contributed by atoms with Crippen LogP contribution < -0.4 is 0 Å². The molecular formula is C5H4N4O. The smallest absolute Gasteiger partial charge is 0.133 e. The minimum atomic E-state index is 0.588. The number of rotatable bonds is 0. The van der Waals surface area contributed by atoms with Crippen molar-refractivity contribution >= 4 is 0 Å². The summed E-state index contributed by atoms with van der Waals surface area (Å²) >= 11 is 0. The van der Waals surface area contributed by atoms with Crippen LogP contribution in [0.4, 0.5) is 0 Å². The molecule has 1 N–H and O–H groups in total. The van der Waals surface area contributed by atoms with Gasteiger partial charge in [0.15, 0.2) is 0 Å². The molecule has 0 radical (unpaired) electrons. The van der Waals surface area contributed by atoms with E-state index in [2.05, 4.69) is 15.2 Å². The summed E-state index contributed by atoms with van der Waals surface area (Å²) in [7, 11) is 0. The lowest BCUT2D eigenvalue weighted by Crippen LogP contribution is -1.94. The topological polar surface area (TPSA) is 63.8 Å². The molecule has 50 valence electrons. The maximum absolute atomic E-state index is 8.84. The molecule has 0 saturated heterocycles. The first kappa shape index (κ1) is 5.16. The lowest BCUT2D eigenvalue weighted by Gasteiger charge is -1.96. The van der Waals surface area contributed by atoms with E-state index in [0.29, 0.717) is 11.4 Å². The minimum Gasteiger partial charge on any atom is -0.427 e. The quantitative estimate of drug-likeness (QED) is 0.518. The molecule has 0 aromatic carbocycles. The van der Waals surface area contributed by atoms with Gasteiger partial charge in [0.2, 0.25) is 0 Å². The van der Waals surface area contributed by atoms with Gasteiger partial charge in [-0.2, -0.15) is 9.83 Å². The fourth-order valence-electron chi connectivity index (χ4n) is 0.735. The van der Waals surface area contributed by atoms with Crippen molar-refractivity contribution in [3.8, 4) is 11.4 Å². The van der Waals surface area contributed by atoms with Gasteiger partial charge >= 0.3 is 0 Å². The standard InChI is InChI=1S/C5H4N4O/c10-9-2-5-4(6-3-9)1-7-8-5/h1-3,10H. The van der Waals surface area contributed by atoms with Gasteiger partial charge in [0, 0.05) is 0 Å². The second-order valence-corrected chi connectivity index (χ2v) is 1.87. The van der Waals surface area contributed by atoms with Crippen LogP contribution in [0.1, 0.15) is 0 Å². The molecule has 0 aromatic heterocycles. The predicted molar refractivity (Wildman–Crippen MR) is 31.6 cm³/mol. The average molecular weight is 136 g/mol. The van der Waals surface area contributed by atoms with E-state index in [0.717, 1.165) is 4.73 Å². The second kappa shape index (κ2) is 1.66. The first-order chi connectivity index (χ1) is 4.86. The number of fused-ring (bicyclic) bond motifs is 1. The SMILES string of the molecule is On1cnc2cnnc-2c1. The van der Waals surface area contributed by atoms with Gasteiger partial charge in [-0.1, -0.05) is 0 Å². The first-order valence-electron chi connectivity index (χ1n) is 2.71. The van der Waals surface area contributed by atoms with Crippen LogP contribution in [-0.4, -0.2) is 25.1 Å². The van der Waals surface area contributed by atoms with Crippen molar-refractivity contribution in [2.45, 2.75) is 0 Å². The van der Waals surface area contributed by atoms with Gasteiger partial charge in [0.1, 0.15) is 17.7 Å². The zero-order valence-electron chi connectivity index (χ0n) is 4.97. The molecule has 0 aromatic rings. The van der Waals surface area contributed by atoms with E-state index in [9.17, 15) is 0 Å². The molecule has 0 aliphatic carbocycles. The van der Waals surface area contributed by atoms with Gasteiger partial charge in [-0.15, -0.1) is 5.10 Å². The number of hydrogen-bond acceptors (Lipinski definition) is 4. The molecule has 0 unspecified atom stereocenters. The minimum absolute atomic E-state index is 0.588. The summed E-state index contributed by atoms with van der Waals surface area (Å²) in [4.78, 5) is 3.83. The van der Waals surface area contributed by atoms with Gasteiger partial charge in [-0.25, -0.2) is 4.98 Å². The van der Waals surface area contributed by atoms with Gasteiger partial charge in [0.05, 0.1) is 12.4 Å². The van der Waals surface area contributed by atoms with Gasteiger partial charge < -0.3 is 5.21 Å². The van der Waals surface area contributed by atoms with Crippen molar-refractivity contribution < 1.29 is 5.21 Å². The van der Waals surface area contributed by atoms with Crippen LogP contribution in [0.2, 0.25) is 0 Å². The third kappa shape index (κ3) is 0.604. The Balaban J connectivity index is 2.75. The van der Waals surface area contributed by atoms with Gasteiger partial charge in [-0.05, 0) is 0 Å². The van der Waals surface area contributed by atoms with Gasteiger partial charge in [0.25, 0.3) is 0 Å². The summed E-state index contributed by atoms with van der Waals surface area (Å²) in [6.07, 6.45) is 4.26. The van der Waals surface area contributed by atoms with E-state index in [1.165, 1.54) is 18.7 Å². The first-order valence-corrected chi connectivity index (χ1v) is 2.71. The summed E-state index contributed by atoms with van der Waals surface area (Å²) in [5, 5.41) is 16.1. The highest BCUT2D eigenvalue weighted by molar-refractivity contribution is 5.51. The van der Waals surface area contributed by atoms with Crippen molar-refractivity contribution in [1.29, 1.82) is 0 Å². The van der Waals surface area contributed by atoms with Crippen LogP contribution in [0.25, 0.3) is 11.4 Å². The van der Waals surface area contributed by atoms with Crippen LogP contribution in [0, 0.1) is 0 Å². The molecular weight excluding hydrogens is 132 g/mol. The molecule has 0 bridgehead atoms. The van der Waals surface area contributed by atoms with Crippen molar-refractivity contribution in [2.24, 2.45) is 0 Å². The zero-order valence-corrected chi connectivity index (χ0v) is 4.97. The predicted octanol–water partition coefficient (Wildman–Crippen LogP) is 0.0152. The fraction of sp³-hybridized carbons (Fsp3) is 0. The van der Waals surface area contributed by atoms with Crippen molar-refractivity contribution in [2.75, 3.05) is 0 Å². The highest BCUT2D eigenvalue weighted by Crippen LogP contribution is 2.11. The van der Waals surface area contributed by atoms with E-state index >= 15 is 0 Å². The molecule has 0 amide bonds. The Labute approximate surface area is 56.3 Å². The highest BCUT2D eigenvalue weighted by atomic mass is 16.5. The molecule has 0 saturated carbocycles. The summed E-state index contributed by atoms with van der Waals surface area (Å²) in [5.41, 5.74) is 1.27. The summed E-state index contributed by atoms with van der Waals surface area (Å²) < 4.78 is 0.844. The third-order valence-electron chi connectivity index (χ3n) is 1.18. The summed E-state index contributed by atoms with van der Waals surface area (Å²) in [5.74, 6) is 0. The van der Waals surface area contributed by atoms with Crippen LogP contribution in [0.15, 0.2) is 18.7 Å². The van der Waals surface area contributed by atoms with E-state index in [-0.39, 0.29) is 0 Å². The third-order valence-corrected chi connectivity index (χ3v) is 1.18. The summed E-state index contributed by atoms with van der Waals surface area (Å²) in [6, 6.07) is 0. The fourth-order valence-corrected chi connectivity index (χ4v) is 0.735. The van der Waals surface area contributed by atoms with Crippen LogP contribution in [-0.2, 0) is 0 Å². The molecule has 0 atom stereocenters. The molecule has 0 fully saturated rings. The molecule has 2 rings (SSSR count). The maximum atomic E-state index is 8.84. The van der Waals surface area contributed by atoms with Crippen molar-refractivity contribution in [3.05, 3.63) is 18.7 Å². The second-order valence-electron chi connectivity index (χ2n) is 1.87. The van der Waals surface area contributed by atoms with E-state index < -0.39 is 0 Å². The van der Waals surface area contributed by atoms with Crippen LogP contribution >= 0.6 is 0 Å². The average Bonchev–Trinajstić information content (AvgIpc) is 2.33. The normalized spacial score (nSPS) is 10.4. The number of hydrogen-bond donors (Lipinski definition) is 1. The molecule has 10 heavy (non-hydrogen) atoms. The Morgan fingerprint density at radius 3 is 3.20 bits per heavy atom. The van der Waals surface area contributed by atoms with Crippen molar-refractivity contribution in [1.82, 2.24) is 19.9 Å². The molecule has 2 heterocycles. The molecule has 2 aliphatic rings. The van der Waals surface area contributed by atoms with E-state index in [1.54, 1.807) is 0 Å². The molecule has 2 aliphatic heterocycles. The Morgan fingerprint density at radius 2 is 2.30 bits per heavy atom. The maximum Gasteiger partial charge on any atom is 0.133 e. The Bertz CT molecular complexity index is 318. The van der Waals surface area contributed by atoms with Crippen LogP contribution in [0.3, 0.4) is 0 Å². The monoisotopic (exact) mass is 136 g/mol. The van der Waals surface area contributed by atoms with E-state index in [1.807, 2.05) is 0 Å². The largest absolute Gasteiger partial charge is 0.427 e. The van der Waals surface area contributed by atoms with Crippen molar-refractivity contribution in [3.63, 3.8) is 0 Å². The Kier molecular flexibility index (Phi) is 0.858. The molecule has 5 nitrogen and oxygen atoms in total. The Morgan fingerprint density at radius 1 is 1.40 bits per heavy atom. The van der Waals surface area contributed by atoms with Gasteiger partial charge in [-0.3, -0.25) is 0 Å². The Hall–Kier alpha value is -1.65. The lowest BCUT2D eigenvalue weighted by atomic mass is 10.4. The number of nitrogens with zero attached hydrogens (tertiary/aromatic N) is 4. The van der Waals surface area contributed by atoms with Crippen LogP contribution in [0.5, 0.6) is 0 Å². The lowest BCUT2D eigenvalue weighted by molar-refractivity contribution is 0.181. The zero-order chi connectivity index (χ0) is 6.97. The molecule has 5 heteroatoms.